The Morgan fingerprint density at radius 3 is 2.46 bits per heavy atom. The van der Waals surface area contributed by atoms with E-state index in [0.717, 1.165) is 43.8 Å². The number of aliphatic hydroxyl groups is 1. The van der Waals surface area contributed by atoms with Crippen molar-refractivity contribution >= 4 is 5.69 Å². The smallest absolute Gasteiger partial charge is 0.123 e. The lowest BCUT2D eigenvalue weighted by Gasteiger charge is -2.33. The van der Waals surface area contributed by atoms with Crippen molar-refractivity contribution in [3.63, 3.8) is 0 Å². The quantitative estimate of drug-likeness (QED) is 0.680. The molecule has 0 radical (unpaired) electrons. The van der Waals surface area contributed by atoms with Gasteiger partial charge in [-0.1, -0.05) is 6.07 Å². The summed E-state index contributed by atoms with van der Waals surface area (Å²) in [6, 6.07) is 11.7. The van der Waals surface area contributed by atoms with Crippen molar-refractivity contribution in [1.29, 1.82) is 0 Å². The third-order valence-electron chi connectivity index (χ3n) is 5.29. The van der Waals surface area contributed by atoms with Crippen LogP contribution >= 0.6 is 0 Å². The number of anilines is 1. The van der Waals surface area contributed by atoms with Crippen LogP contribution in [0.1, 0.15) is 18.4 Å². The summed E-state index contributed by atoms with van der Waals surface area (Å²) < 4.78 is 23.6. The van der Waals surface area contributed by atoms with Gasteiger partial charge in [0.1, 0.15) is 30.0 Å². The minimum atomic E-state index is -0.571. The van der Waals surface area contributed by atoms with Crippen LogP contribution in [0.3, 0.4) is 0 Å². The predicted molar refractivity (Wildman–Crippen MR) is 108 cm³/mol. The first-order valence-electron chi connectivity index (χ1n) is 9.74. The molecule has 2 aromatic carbocycles. The van der Waals surface area contributed by atoms with E-state index in [2.05, 4.69) is 11.0 Å². The van der Waals surface area contributed by atoms with Gasteiger partial charge in [-0.2, -0.15) is 0 Å². The Hall–Kier alpha value is -2.31. The van der Waals surface area contributed by atoms with E-state index in [9.17, 15) is 9.50 Å². The number of hydrogen-bond donors (Lipinski definition) is 2. The van der Waals surface area contributed by atoms with Crippen molar-refractivity contribution < 1.29 is 19.0 Å². The summed E-state index contributed by atoms with van der Waals surface area (Å²) in [6.07, 6.45) is 2.56. The molecule has 0 saturated carbocycles. The minimum Gasteiger partial charge on any atom is -0.497 e. The molecule has 28 heavy (non-hydrogen) atoms. The molecule has 0 aromatic heterocycles. The van der Waals surface area contributed by atoms with Crippen molar-refractivity contribution in [2.45, 2.75) is 25.4 Å². The van der Waals surface area contributed by atoms with Gasteiger partial charge in [0.2, 0.25) is 0 Å². The summed E-state index contributed by atoms with van der Waals surface area (Å²) in [7, 11) is 1.64. The van der Waals surface area contributed by atoms with Gasteiger partial charge in [0, 0.05) is 18.3 Å². The van der Waals surface area contributed by atoms with Gasteiger partial charge in [0.15, 0.2) is 0 Å². The van der Waals surface area contributed by atoms with Gasteiger partial charge in [0.05, 0.1) is 7.11 Å². The first-order valence-corrected chi connectivity index (χ1v) is 9.74. The lowest BCUT2D eigenvalue weighted by atomic mass is 9.89. The van der Waals surface area contributed by atoms with Crippen LogP contribution in [0.2, 0.25) is 0 Å². The number of likely N-dealkylation sites (tertiary alicyclic amines) is 1. The Labute approximate surface area is 165 Å². The highest BCUT2D eigenvalue weighted by Crippen LogP contribution is 2.27. The number of halogens is 1. The molecule has 1 heterocycles. The van der Waals surface area contributed by atoms with Crippen LogP contribution in [0.15, 0.2) is 42.5 Å². The van der Waals surface area contributed by atoms with Gasteiger partial charge in [0.25, 0.3) is 0 Å². The number of methoxy groups -OCH3 is 1. The van der Waals surface area contributed by atoms with E-state index in [-0.39, 0.29) is 12.4 Å². The molecule has 0 amide bonds. The molecule has 2 aromatic rings. The Kier molecular flexibility index (Phi) is 7.12. The van der Waals surface area contributed by atoms with Crippen molar-refractivity contribution in [2.75, 3.05) is 39.1 Å². The van der Waals surface area contributed by atoms with Gasteiger partial charge in [-0.05, 0) is 74.2 Å². The number of piperidine rings is 1. The highest BCUT2D eigenvalue weighted by molar-refractivity contribution is 5.51. The zero-order valence-electron chi connectivity index (χ0n) is 16.3. The van der Waals surface area contributed by atoms with Gasteiger partial charge < -0.3 is 25.2 Å². The topological polar surface area (TPSA) is 68.0 Å². The number of nitrogen functional groups attached to an aromatic ring is 1. The number of rotatable bonds is 8. The second-order valence-corrected chi connectivity index (χ2v) is 7.43. The fourth-order valence-electron chi connectivity index (χ4n) is 3.64. The fourth-order valence-corrected chi connectivity index (χ4v) is 3.64. The largest absolute Gasteiger partial charge is 0.497 e. The SMILES string of the molecule is COc1ccc(CC2CCN(CC(O)COc3ccc(F)cc3)CC2)c(N)c1. The molecule has 0 spiro atoms. The van der Waals surface area contributed by atoms with Crippen molar-refractivity contribution in [2.24, 2.45) is 5.92 Å². The molecule has 5 nitrogen and oxygen atoms in total. The van der Waals surface area contributed by atoms with Gasteiger partial charge in [-0.3, -0.25) is 0 Å². The maximum Gasteiger partial charge on any atom is 0.123 e. The normalized spacial score (nSPS) is 16.7. The van der Waals surface area contributed by atoms with Crippen LogP contribution in [0.4, 0.5) is 10.1 Å². The van der Waals surface area contributed by atoms with E-state index in [1.165, 1.54) is 17.7 Å². The number of ether oxygens (including phenoxy) is 2. The monoisotopic (exact) mass is 388 g/mol. The van der Waals surface area contributed by atoms with Crippen molar-refractivity contribution in [3.8, 4) is 11.5 Å². The van der Waals surface area contributed by atoms with E-state index in [0.29, 0.717) is 18.2 Å². The van der Waals surface area contributed by atoms with E-state index < -0.39 is 6.10 Å². The molecule has 3 N–H and O–H groups in total. The molecule has 3 rings (SSSR count). The third kappa shape index (κ3) is 5.84. The Morgan fingerprint density at radius 2 is 1.82 bits per heavy atom. The van der Waals surface area contributed by atoms with Gasteiger partial charge >= 0.3 is 0 Å². The zero-order chi connectivity index (χ0) is 19.9. The van der Waals surface area contributed by atoms with E-state index >= 15 is 0 Å². The van der Waals surface area contributed by atoms with Crippen LogP contribution in [0.5, 0.6) is 11.5 Å². The second kappa shape index (κ2) is 9.75. The number of nitrogens with zero attached hydrogens (tertiary/aromatic N) is 1. The highest BCUT2D eigenvalue weighted by atomic mass is 19.1. The molecule has 1 fully saturated rings. The molecule has 152 valence electrons. The lowest BCUT2D eigenvalue weighted by Crippen LogP contribution is -2.41. The molecule has 1 unspecified atom stereocenters. The predicted octanol–water partition coefficient (Wildman–Crippen LogP) is 3.11. The van der Waals surface area contributed by atoms with Crippen LogP contribution < -0.4 is 15.2 Å². The minimum absolute atomic E-state index is 0.202. The molecule has 1 saturated heterocycles. The number of aliphatic hydroxyl groups excluding tert-OH is 1. The maximum atomic E-state index is 12.9. The van der Waals surface area contributed by atoms with Crippen LogP contribution in [-0.4, -0.2) is 49.5 Å². The average Bonchev–Trinajstić information content (AvgIpc) is 2.70. The Balaban J connectivity index is 1.39. The van der Waals surface area contributed by atoms with Crippen molar-refractivity contribution in [3.05, 3.63) is 53.8 Å². The van der Waals surface area contributed by atoms with Crippen molar-refractivity contribution in [1.82, 2.24) is 4.90 Å². The molecule has 1 atom stereocenters. The zero-order valence-corrected chi connectivity index (χ0v) is 16.3. The van der Waals surface area contributed by atoms with Crippen LogP contribution in [0.25, 0.3) is 0 Å². The fraction of sp³-hybridized carbons (Fsp3) is 0.455. The Bertz CT molecular complexity index is 746. The number of nitrogens with two attached hydrogens (primary N) is 1. The molecule has 1 aliphatic heterocycles. The van der Waals surface area contributed by atoms with E-state index in [4.69, 9.17) is 15.2 Å². The Morgan fingerprint density at radius 1 is 1.14 bits per heavy atom. The van der Waals surface area contributed by atoms with Crippen LogP contribution in [0, 0.1) is 11.7 Å². The maximum absolute atomic E-state index is 12.9. The van der Waals surface area contributed by atoms with E-state index in [1.54, 1.807) is 19.2 Å². The summed E-state index contributed by atoms with van der Waals surface area (Å²) in [4.78, 5) is 2.27. The van der Waals surface area contributed by atoms with Gasteiger partial charge in [-0.25, -0.2) is 4.39 Å². The summed E-state index contributed by atoms with van der Waals surface area (Å²) in [5.74, 6) is 1.65. The summed E-state index contributed by atoms with van der Waals surface area (Å²) in [6.45, 7) is 2.69. The standard InChI is InChI=1S/C22H29FN2O3/c1-27-21-5-2-17(22(24)13-21)12-16-8-10-25(11-9-16)14-19(26)15-28-20-6-3-18(23)4-7-20/h2-7,13,16,19,26H,8-12,14-15,24H2,1H3. The summed E-state index contributed by atoms with van der Waals surface area (Å²) >= 11 is 0. The molecule has 0 aliphatic carbocycles. The second-order valence-electron chi connectivity index (χ2n) is 7.43. The first-order chi connectivity index (χ1) is 13.5. The molecular weight excluding hydrogens is 359 g/mol. The molecule has 1 aliphatic rings. The number of benzene rings is 2. The molecule has 0 bridgehead atoms. The van der Waals surface area contributed by atoms with Gasteiger partial charge in [-0.15, -0.1) is 0 Å². The lowest BCUT2D eigenvalue weighted by molar-refractivity contribution is 0.0550. The first kappa shape index (κ1) is 20.4. The summed E-state index contributed by atoms with van der Waals surface area (Å²) in [5, 5.41) is 10.2. The summed E-state index contributed by atoms with van der Waals surface area (Å²) in [5.41, 5.74) is 8.10. The number of β-amino-alcohol motifs (C(OH)–C–C–N with tert-alkyl or cyclic N) is 1. The third-order valence-corrected chi connectivity index (χ3v) is 5.29. The number of hydrogen-bond acceptors (Lipinski definition) is 5. The molecule has 6 heteroatoms. The highest BCUT2D eigenvalue weighted by Gasteiger charge is 2.22. The molecular formula is C22H29FN2O3. The van der Waals surface area contributed by atoms with Crippen LogP contribution in [-0.2, 0) is 6.42 Å². The van der Waals surface area contributed by atoms with E-state index in [1.807, 2.05) is 12.1 Å². The average molecular weight is 388 g/mol.